The molecule has 0 radical (unpaired) electrons. The molecule has 7 nitrogen and oxygen atoms in total. The quantitative estimate of drug-likeness (QED) is 0.744. The Kier molecular flexibility index (Phi) is 3.81. The van der Waals surface area contributed by atoms with E-state index < -0.39 is 0 Å². The molecule has 0 aliphatic heterocycles. The number of aryl methyl sites for hydroxylation is 3. The van der Waals surface area contributed by atoms with Gasteiger partial charge in [-0.05, 0) is 12.8 Å². The second-order valence-corrected chi connectivity index (χ2v) is 5.01. The highest BCUT2D eigenvalue weighted by molar-refractivity contribution is 5.80. The van der Waals surface area contributed by atoms with Gasteiger partial charge in [-0.15, -0.1) is 0 Å². The SMILES string of the molecule is CCCc1nccn1CCCn1cnc2c(N)ncnc21. The molecule has 0 bridgehead atoms. The van der Waals surface area contributed by atoms with E-state index in [1.807, 2.05) is 17.0 Å². The largest absolute Gasteiger partial charge is 0.382 e. The predicted octanol–water partition coefficient (Wildman–Crippen LogP) is 1.65. The van der Waals surface area contributed by atoms with Crippen LogP contribution in [0.3, 0.4) is 0 Å². The molecule has 0 saturated carbocycles. The maximum absolute atomic E-state index is 5.79. The van der Waals surface area contributed by atoms with Crippen molar-refractivity contribution >= 4 is 17.0 Å². The Morgan fingerprint density at radius 3 is 2.81 bits per heavy atom. The molecule has 0 aliphatic carbocycles. The molecular weight excluding hydrogens is 266 g/mol. The first kappa shape index (κ1) is 13.5. The Labute approximate surface area is 122 Å². The number of nitrogens with zero attached hydrogens (tertiary/aromatic N) is 6. The number of fused-ring (bicyclic) bond motifs is 1. The molecule has 0 fully saturated rings. The summed E-state index contributed by atoms with van der Waals surface area (Å²) in [4.78, 5) is 16.9. The zero-order valence-corrected chi connectivity index (χ0v) is 12.1. The maximum atomic E-state index is 5.79. The van der Waals surface area contributed by atoms with Crippen LogP contribution in [0.15, 0.2) is 25.0 Å². The number of imidazole rings is 2. The summed E-state index contributed by atoms with van der Waals surface area (Å²) in [6, 6.07) is 0. The number of aromatic nitrogens is 6. The van der Waals surface area contributed by atoms with Crippen molar-refractivity contribution in [1.29, 1.82) is 0 Å². The Morgan fingerprint density at radius 2 is 1.95 bits per heavy atom. The fourth-order valence-electron chi connectivity index (χ4n) is 2.47. The van der Waals surface area contributed by atoms with Gasteiger partial charge in [0.15, 0.2) is 11.5 Å². The lowest BCUT2D eigenvalue weighted by Crippen LogP contribution is -2.07. The first-order valence-electron chi connectivity index (χ1n) is 7.21. The van der Waals surface area contributed by atoms with Crippen LogP contribution in [0.2, 0.25) is 0 Å². The first-order chi connectivity index (χ1) is 10.3. The highest BCUT2D eigenvalue weighted by Crippen LogP contribution is 2.14. The van der Waals surface area contributed by atoms with Crippen LogP contribution in [0.4, 0.5) is 5.82 Å². The fraction of sp³-hybridized carbons (Fsp3) is 0.429. The van der Waals surface area contributed by atoms with Gasteiger partial charge < -0.3 is 14.9 Å². The van der Waals surface area contributed by atoms with Gasteiger partial charge in [0, 0.05) is 31.9 Å². The molecule has 110 valence electrons. The standard InChI is InChI=1S/C14H19N7/c1-2-4-11-16-5-8-20(11)6-3-7-21-10-19-12-13(15)17-9-18-14(12)21/h5,8-10H,2-4,6-7H2,1H3,(H2,15,17,18). The summed E-state index contributed by atoms with van der Waals surface area (Å²) in [5.41, 5.74) is 7.26. The zero-order valence-electron chi connectivity index (χ0n) is 12.1. The molecule has 0 atom stereocenters. The van der Waals surface area contributed by atoms with Crippen LogP contribution in [-0.4, -0.2) is 29.1 Å². The molecule has 0 spiro atoms. The summed E-state index contributed by atoms with van der Waals surface area (Å²) in [7, 11) is 0. The third-order valence-corrected chi connectivity index (χ3v) is 3.50. The monoisotopic (exact) mass is 285 g/mol. The predicted molar refractivity (Wildman–Crippen MR) is 80.6 cm³/mol. The minimum absolute atomic E-state index is 0.429. The number of hydrogen-bond donors (Lipinski definition) is 1. The molecule has 3 heterocycles. The van der Waals surface area contributed by atoms with Crippen LogP contribution < -0.4 is 5.73 Å². The number of hydrogen-bond acceptors (Lipinski definition) is 5. The van der Waals surface area contributed by atoms with Gasteiger partial charge in [-0.3, -0.25) is 0 Å². The minimum atomic E-state index is 0.429. The normalized spacial score (nSPS) is 11.3. The summed E-state index contributed by atoms with van der Waals surface area (Å²) in [6.07, 6.45) is 10.3. The molecule has 2 N–H and O–H groups in total. The summed E-state index contributed by atoms with van der Waals surface area (Å²) < 4.78 is 4.23. The molecule has 7 heteroatoms. The highest BCUT2D eigenvalue weighted by Gasteiger charge is 2.07. The Balaban J connectivity index is 1.67. The van der Waals surface area contributed by atoms with E-state index in [1.165, 1.54) is 6.33 Å². The maximum Gasteiger partial charge on any atom is 0.165 e. The van der Waals surface area contributed by atoms with Crippen molar-refractivity contribution in [3.63, 3.8) is 0 Å². The lowest BCUT2D eigenvalue weighted by atomic mass is 10.3. The fourth-order valence-corrected chi connectivity index (χ4v) is 2.47. The molecule has 21 heavy (non-hydrogen) atoms. The van der Waals surface area contributed by atoms with Gasteiger partial charge in [0.05, 0.1) is 6.33 Å². The Hall–Kier alpha value is -2.44. The van der Waals surface area contributed by atoms with Gasteiger partial charge in [0.1, 0.15) is 17.7 Å². The molecule has 0 saturated heterocycles. The molecule has 3 aromatic heterocycles. The number of anilines is 1. The van der Waals surface area contributed by atoms with E-state index in [2.05, 4.69) is 31.4 Å². The average molecular weight is 285 g/mol. The number of nitrogens with two attached hydrogens (primary N) is 1. The van der Waals surface area contributed by atoms with Crippen LogP contribution >= 0.6 is 0 Å². The van der Waals surface area contributed by atoms with Crippen molar-refractivity contribution in [2.45, 2.75) is 39.3 Å². The van der Waals surface area contributed by atoms with Crippen LogP contribution in [0.25, 0.3) is 11.2 Å². The van der Waals surface area contributed by atoms with Crippen molar-refractivity contribution in [3.8, 4) is 0 Å². The minimum Gasteiger partial charge on any atom is -0.382 e. The van der Waals surface area contributed by atoms with E-state index in [1.54, 1.807) is 6.33 Å². The summed E-state index contributed by atoms with van der Waals surface area (Å²) in [5, 5.41) is 0. The van der Waals surface area contributed by atoms with Crippen LogP contribution in [0.1, 0.15) is 25.6 Å². The van der Waals surface area contributed by atoms with Gasteiger partial charge in [0.2, 0.25) is 0 Å². The first-order valence-corrected chi connectivity index (χ1v) is 7.21. The molecule has 3 aromatic rings. The van der Waals surface area contributed by atoms with Crippen molar-refractivity contribution in [1.82, 2.24) is 29.1 Å². The van der Waals surface area contributed by atoms with Crippen LogP contribution in [0.5, 0.6) is 0 Å². The Bertz CT molecular complexity index is 728. The lowest BCUT2D eigenvalue weighted by molar-refractivity contribution is 0.551. The summed E-state index contributed by atoms with van der Waals surface area (Å²) in [5.74, 6) is 1.58. The average Bonchev–Trinajstić information content (AvgIpc) is 3.08. The highest BCUT2D eigenvalue weighted by atomic mass is 15.1. The smallest absolute Gasteiger partial charge is 0.165 e. The third kappa shape index (κ3) is 2.72. The van der Waals surface area contributed by atoms with Gasteiger partial charge in [-0.2, -0.15) is 0 Å². The van der Waals surface area contributed by atoms with Crippen LogP contribution in [0, 0.1) is 0 Å². The number of rotatable bonds is 6. The van der Waals surface area contributed by atoms with Crippen molar-refractivity contribution in [2.75, 3.05) is 5.73 Å². The topological polar surface area (TPSA) is 87.4 Å². The molecule has 3 rings (SSSR count). The van der Waals surface area contributed by atoms with E-state index >= 15 is 0 Å². The van der Waals surface area contributed by atoms with Crippen molar-refractivity contribution in [3.05, 3.63) is 30.9 Å². The summed E-state index contributed by atoms with van der Waals surface area (Å²) in [6.45, 7) is 3.95. The van der Waals surface area contributed by atoms with E-state index in [0.717, 1.165) is 43.8 Å². The second-order valence-electron chi connectivity index (χ2n) is 5.01. The lowest BCUT2D eigenvalue weighted by Gasteiger charge is -2.08. The van der Waals surface area contributed by atoms with Crippen LogP contribution in [-0.2, 0) is 19.5 Å². The molecule has 0 aromatic carbocycles. The van der Waals surface area contributed by atoms with Gasteiger partial charge in [-0.25, -0.2) is 19.9 Å². The van der Waals surface area contributed by atoms with Gasteiger partial charge in [0.25, 0.3) is 0 Å². The molecular formula is C14H19N7. The molecule has 0 unspecified atom stereocenters. The van der Waals surface area contributed by atoms with E-state index in [9.17, 15) is 0 Å². The van der Waals surface area contributed by atoms with E-state index in [0.29, 0.717) is 11.3 Å². The van der Waals surface area contributed by atoms with Gasteiger partial charge in [-0.1, -0.05) is 6.92 Å². The molecule has 0 aliphatic rings. The van der Waals surface area contributed by atoms with Crippen molar-refractivity contribution < 1.29 is 0 Å². The third-order valence-electron chi connectivity index (χ3n) is 3.50. The van der Waals surface area contributed by atoms with Crippen molar-refractivity contribution in [2.24, 2.45) is 0 Å². The second kappa shape index (κ2) is 5.90. The zero-order chi connectivity index (χ0) is 14.7. The summed E-state index contributed by atoms with van der Waals surface area (Å²) >= 11 is 0. The molecule has 0 amide bonds. The van der Waals surface area contributed by atoms with E-state index in [4.69, 9.17) is 5.73 Å². The number of nitrogen functional groups attached to an aromatic ring is 1. The Morgan fingerprint density at radius 1 is 1.10 bits per heavy atom. The van der Waals surface area contributed by atoms with E-state index in [-0.39, 0.29) is 0 Å². The van der Waals surface area contributed by atoms with Gasteiger partial charge >= 0.3 is 0 Å².